The SMILES string of the molecule is COC(=O)NCCC(=O)N1CCCCCC1c1ccc(C)o1. The van der Waals surface area contributed by atoms with Crippen LogP contribution in [0.1, 0.15) is 49.7 Å². The van der Waals surface area contributed by atoms with Crippen LogP contribution in [0.4, 0.5) is 4.79 Å². The number of furan rings is 1. The molecule has 2 amide bonds. The zero-order chi connectivity index (χ0) is 15.9. The van der Waals surface area contributed by atoms with Crippen molar-refractivity contribution in [2.45, 2.75) is 45.1 Å². The van der Waals surface area contributed by atoms with Crippen molar-refractivity contribution in [2.24, 2.45) is 0 Å². The molecule has 1 aromatic heterocycles. The first-order chi connectivity index (χ1) is 10.6. The summed E-state index contributed by atoms with van der Waals surface area (Å²) in [6.45, 7) is 2.93. The highest BCUT2D eigenvalue weighted by molar-refractivity contribution is 5.77. The Morgan fingerprint density at radius 2 is 2.18 bits per heavy atom. The molecule has 1 saturated heterocycles. The zero-order valence-corrected chi connectivity index (χ0v) is 13.3. The van der Waals surface area contributed by atoms with Gasteiger partial charge < -0.3 is 19.4 Å². The van der Waals surface area contributed by atoms with Gasteiger partial charge in [-0.2, -0.15) is 0 Å². The Labute approximate surface area is 130 Å². The van der Waals surface area contributed by atoms with E-state index in [0.29, 0.717) is 0 Å². The molecule has 22 heavy (non-hydrogen) atoms. The topological polar surface area (TPSA) is 71.8 Å². The molecule has 0 aromatic carbocycles. The maximum absolute atomic E-state index is 12.5. The molecule has 0 spiro atoms. The molecule has 2 rings (SSSR count). The van der Waals surface area contributed by atoms with Crippen LogP contribution in [-0.2, 0) is 9.53 Å². The van der Waals surface area contributed by atoms with E-state index in [1.165, 1.54) is 7.11 Å². The van der Waals surface area contributed by atoms with Crippen LogP contribution in [0.15, 0.2) is 16.5 Å². The number of amides is 2. The van der Waals surface area contributed by atoms with Crippen molar-refractivity contribution in [3.63, 3.8) is 0 Å². The van der Waals surface area contributed by atoms with Crippen molar-refractivity contribution >= 4 is 12.0 Å². The second-order valence-corrected chi connectivity index (χ2v) is 5.57. The summed E-state index contributed by atoms with van der Waals surface area (Å²) in [4.78, 5) is 25.4. The lowest BCUT2D eigenvalue weighted by atomic mass is 10.1. The van der Waals surface area contributed by atoms with Gasteiger partial charge in [-0.05, 0) is 31.9 Å². The van der Waals surface area contributed by atoms with Gasteiger partial charge in [-0.15, -0.1) is 0 Å². The van der Waals surface area contributed by atoms with Crippen LogP contribution in [0.25, 0.3) is 0 Å². The molecular weight excluding hydrogens is 284 g/mol. The first-order valence-corrected chi connectivity index (χ1v) is 7.79. The summed E-state index contributed by atoms with van der Waals surface area (Å²) >= 11 is 0. The third-order valence-electron chi connectivity index (χ3n) is 3.96. The standard InChI is InChI=1S/C16H24N2O4/c1-12-7-8-14(22-12)13-6-4-3-5-11-18(13)15(19)9-10-17-16(20)21-2/h7-8,13H,3-6,9-11H2,1-2H3,(H,17,20). The fourth-order valence-electron chi connectivity index (χ4n) is 2.82. The summed E-state index contributed by atoms with van der Waals surface area (Å²) in [5.41, 5.74) is 0. The van der Waals surface area contributed by atoms with E-state index < -0.39 is 6.09 Å². The lowest BCUT2D eigenvalue weighted by molar-refractivity contribution is -0.133. The van der Waals surface area contributed by atoms with E-state index in [1.54, 1.807) is 0 Å². The van der Waals surface area contributed by atoms with Crippen molar-refractivity contribution in [1.82, 2.24) is 10.2 Å². The van der Waals surface area contributed by atoms with Gasteiger partial charge in [0, 0.05) is 19.5 Å². The number of alkyl carbamates (subject to hydrolysis) is 1. The number of ether oxygens (including phenoxy) is 1. The fourth-order valence-corrected chi connectivity index (χ4v) is 2.82. The lowest BCUT2D eigenvalue weighted by Crippen LogP contribution is -2.37. The van der Waals surface area contributed by atoms with Gasteiger partial charge in [-0.3, -0.25) is 4.79 Å². The average molecular weight is 308 g/mol. The van der Waals surface area contributed by atoms with Crippen LogP contribution in [0, 0.1) is 6.92 Å². The van der Waals surface area contributed by atoms with Gasteiger partial charge in [0.15, 0.2) is 0 Å². The summed E-state index contributed by atoms with van der Waals surface area (Å²) in [5.74, 6) is 1.75. The maximum Gasteiger partial charge on any atom is 0.406 e. The number of aryl methyl sites for hydroxylation is 1. The molecule has 0 bridgehead atoms. The molecule has 1 aliphatic heterocycles. The van der Waals surface area contributed by atoms with E-state index in [0.717, 1.165) is 43.7 Å². The van der Waals surface area contributed by atoms with Crippen molar-refractivity contribution in [3.05, 3.63) is 23.7 Å². The lowest BCUT2D eigenvalue weighted by Gasteiger charge is -2.28. The summed E-state index contributed by atoms with van der Waals surface area (Å²) in [5, 5.41) is 2.54. The molecule has 1 unspecified atom stereocenters. The smallest absolute Gasteiger partial charge is 0.406 e. The average Bonchev–Trinajstić information content (AvgIpc) is 2.79. The third-order valence-corrected chi connectivity index (χ3v) is 3.96. The molecule has 1 atom stereocenters. The number of likely N-dealkylation sites (tertiary alicyclic amines) is 1. The van der Waals surface area contributed by atoms with E-state index in [-0.39, 0.29) is 24.9 Å². The molecule has 1 fully saturated rings. The highest BCUT2D eigenvalue weighted by Gasteiger charge is 2.28. The number of carbonyl (C=O) groups is 2. The Hall–Kier alpha value is -1.98. The molecule has 1 N–H and O–H groups in total. The molecule has 0 radical (unpaired) electrons. The predicted molar refractivity (Wildman–Crippen MR) is 81.4 cm³/mol. The maximum atomic E-state index is 12.5. The quantitative estimate of drug-likeness (QED) is 0.928. The molecule has 6 heteroatoms. The number of rotatable bonds is 4. The Morgan fingerprint density at radius 1 is 1.36 bits per heavy atom. The second kappa shape index (κ2) is 7.87. The molecule has 2 heterocycles. The van der Waals surface area contributed by atoms with Crippen LogP contribution in [0.2, 0.25) is 0 Å². The monoisotopic (exact) mass is 308 g/mol. The van der Waals surface area contributed by atoms with Crippen LogP contribution >= 0.6 is 0 Å². The number of carbonyl (C=O) groups excluding carboxylic acids is 2. The van der Waals surface area contributed by atoms with Crippen LogP contribution < -0.4 is 5.32 Å². The minimum absolute atomic E-state index is 0.00169. The Morgan fingerprint density at radius 3 is 2.86 bits per heavy atom. The first-order valence-electron chi connectivity index (χ1n) is 7.79. The second-order valence-electron chi connectivity index (χ2n) is 5.57. The van der Waals surface area contributed by atoms with Crippen molar-refractivity contribution in [1.29, 1.82) is 0 Å². The van der Waals surface area contributed by atoms with Crippen molar-refractivity contribution in [2.75, 3.05) is 20.2 Å². The normalized spacial score (nSPS) is 18.6. The van der Waals surface area contributed by atoms with Gasteiger partial charge in [-0.25, -0.2) is 4.79 Å². The summed E-state index contributed by atoms with van der Waals surface area (Å²) in [6.07, 6.45) is 3.90. The number of hydrogen-bond donors (Lipinski definition) is 1. The van der Waals surface area contributed by atoms with E-state index in [4.69, 9.17) is 4.42 Å². The highest BCUT2D eigenvalue weighted by atomic mass is 16.5. The predicted octanol–water partition coefficient (Wildman–Crippen LogP) is 2.78. The number of nitrogens with zero attached hydrogens (tertiary/aromatic N) is 1. The Bertz CT molecular complexity index is 512. The molecule has 122 valence electrons. The number of methoxy groups -OCH3 is 1. The van der Waals surface area contributed by atoms with E-state index in [1.807, 2.05) is 24.0 Å². The molecule has 0 aliphatic carbocycles. The van der Waals surface area contributed by atoms with E-state index in [9.17, 15) is 9.59 Å². The number of hydrogen-bond acceptors (Lipinski definition) is 4. The fraction of sp³-hybridized carbons (Fsp3) is 0.625. The van der Waals surface area contributed by atoms with Gasteiger partial charge in [0.2, 0.25) is 5.91 Å². The molecule has 1 aromatic rings. The van der Waals surface area contributed by atoms with E-state index in [2.05, 4.69) is 10.1 Å². The Kier molecular flexibility index (Phi) is 5.86. The van der Waals surface area contributed by atoms with Gasteiger partial charge in [-0.1, -0.05) is 12.8 Å². The summed E-state index contributed by atoms with van der Waals surface area (Å²) in [7, 11) is 1.31. The van der Waals surface area contributed by atoms with Gasteiger partial charge in [0.05, 0.1) is 13.2 Å². The van der Waals surface area contributed by atoms with Crippen LogP contribution in [0.3, 0.4) is 0 Å². The van der Waals surface area contributed by atoms with Crippen LogP contribution in [-0.4, -0.2) is 37.1 Å². The first kappa shape index (κ1) is 16.4. The van der Waals surface area contributed by atoms with Crippen LogP contribution in [0.5, 0.6) is 0 Å². The molecular formula is C16H24N2O4. The third kappa shape index (κ3) is 4.26. The van der Waals surface area contributed by atoms with E-state index >= 15 is 0 Å². The van der Waals surface area contributed by atoms with Gasteiger partial charge in [0.25, 0.3) is 0 Å². The van der Waals surface area contributed by atoms with Gasteiger partial charge in [0.1, 0.15) is 11.5 Å². The largest absolute Gasteiger partial charge is 0.464 e. The Balaban J connectivity index is 2.00. The van der Waals surface area contributed by atoms with Gasteiger partial charge >= 0.3 is 6.09 Å². The highest BCUT2D eigenvalue weighted by Crippen LogP contribution is 2.31. The molecule has 6 nitrogen and oxygen atoms in total. The van der Waals surface area contributed by atoms with Crippen molar-refractivity contribution in [3.8, 4) is 0 Å². The minimum Gasteiger partial charge on any atom is -0.464 e. The molecule has 0 saturated carbocycles. The summed E-state index contributed by atoms with van der Waals surface area (Å²) in [6, 6.07) is 3.89. The molecule has 1 aliphatic rings. The zero-order valence-electron chi connectivity index (χ0n) is 13.3. The minimum atomic E-state index is -0.512. The number of nitrogens with one attached hydrogen (secondary N) is 1. The summed E-state index contributed by atoms with van der Waals surface area (Å²) < 4.78 is 10.2. The van der Waals surface area contributed by atoms with Crippen molar-refractivity contribution < 1.29 is 18.7 Å².